The van der Waals surface area contributed by atoms with Gasteiger partial charge in [-0.15, -0.1) is 0 Å². The maximum Gasteiger partial charge on any atom is 0.231 e. The van der Waals surface area contributed by atoms with Crippen molar-refractivity contribution in [3.05, 3.63) is 23.8 Å². The molecule has 1 aromatic rings. The predicted molar refractivity (Wildman–Crippen MR) is 70.5 cm³/mol. The van der Waals surface area contributed by atoms with Gasteiger partial charge in [-0.3, -0.25) is 4.79 Å². The molecule has 0 bridgehead atoms. The Morgan fingerprint density at radius 3 is 2.74 bits per heavy atom. The molecule has 1 aromatic carbocycles. The fraction of sp³-hybridized carbons (Fsp3) is 0.462. The maximum absolute atomic E-state index is 11.9. The average molecular weight is 284 g/mol. The third-order valence-electron chi connectivity index (χ3n) is 2.85. The van der Waals surface area contributed by atoms with Gasteiger partial charge in [-0.1, -0.05) is 13.3 Å². The second-order valence-corrected chi connectivity index (χ2v) is 6.62. The van der Waals surface area contributed by atoms with Crippen LogP contribution in [0.3, 0.4) is 0 Å². The Balaban J connectivity index is 2.08. The van der Waals surface area contributed by atoms with Gasteiger partial charge in [0.15, 0.2) is 27.1 Å². The zero-order valence-corrected chi connectivity index (χ0v) is 11.5. The molecule has 0 saturated carbocycles. The number of carbonyl (C=O) groups excluding carboxylic acids is 1. The Morgan fingerprint density at radius 1 is 1.26 bits per heavy atom. The monoisotopic (exact) mass is 284 g/mol. The van der Waals surface area contributed by atoms with Crippen molar-refractivity contribution in [2.24, 2.45) is 0 Å². The van der Waals surface area contributed by atoms with Gasteiger partial charge in [-0.2, -0.15) is 0 Å². The number of sulfone groups is 1. The highest BCUT2D eigenvalue weighted by atomic mass is 32.2. The summed E-state index contributed by atoms with van der Waals surface area (Å²) in [4.78, 5) is 11.9. The largest absolute Gasteiger partial charge is 0.454 e. The van der Waals surface area contributed by atoms with E-state index in [-0.39, 0.29) is 12.5 Å². The van der Waals surface area contributed by atoms with Crippen molar-refractivity contribution < 1.29 is 22.7 Å². The molecule has 0 unspecified atom stereocenters. The topological polar surface area (TPSA) is 69.7 Å². The molecule has 0 N–H and O–H groups in total. The van der Waals surface area contributed by atoms with Crippen LogP contribution in [-0.4, -0.2) is 32.5 Å². The van der Waals surface area contributed by atoms with Crippen molar-refractivity contribution in [2.45, 2.75) is 19.8 Å². The van der Waals surface area contributed by atoms with Crippen LogP contribution in [0.2, 0.25) is 0 Å². The van der Waals surface area contributed by atoms with E-state index < -0.39 is 21.4 Å². The van der Waals surface area contributed by atoms with Gasteiger partial charge >= 0.3 is 0 Å². The van der Waals surface area contributed by atoms with Gasteiger partial charge in [-0.25, -0.2) is 8.42 Å². The number of ketones is 1. The number of fused-ring (bicyclic) bond motifs is 1. The molecule has 5 nitrogen and oxygen atoms in total. The van der Waals surface area contributed by atoms with Crippen molar-refractivity contribution in [1.82, 2.24) is 0 Å². The van der Waals surface area contributed by atoms with Crippen LogP contribution in [0.5, 0.6) is 11.5 Å². The Bertz CT molecular complexity index is 577. The summed E-state index contributed by atoms with van der Waals surface area (Å²) in [5.41, 5.74) is 0.337. The lowest BCUT2D eigenvalue weighted by atomic mass is 10.1. The molecule has 104 valence electrons. The molecule has 0 radical (unpaired) electrons. The van der Waals surface area contributed by atoms with Crippen LogP contribution in [0.1, 0.15) is 30.1 Å². The Labute approximate surface area is 112 Å². The molecule has 0 spiro atoms. The lowest BCUT2D eigenvalue weighted by Crippen LogP contribution is -2.19. The molecule has 6 heteroatoms. The van der Waals surface area contributed by atoms with Gasteiger partial charge in [0.25, 0.3) is 0 Å². The molecule has 1 aliphatic rings. The first kappa shape index (κ1) is 13.9. The van der Waals surface area contributed by atoms with Crippen LogP contribution < -0.4 is 9.47 Å². The van der Waals surface area contributed by atoms with Crippen LogP contribution in [0.15, 0.2) is 18.2 Å². The van der Waals surface area contributed by atoms with E-state index >= 15 is 0 Å². The summed E-state index contributed by atoms with van der Waals surface area (Å²) >= 11 is 0. The van der Waals surface area contributed by atoms with Gasteiger partial charge in [0.2, 0.25) is 6.79 Å². The fourth-order valence-corrected chi connectivity index (χ4v) is 3.23. The number of carbonyl (C=O) groups is 1. The van der Waals surface area contributed by atoms with Crippen LogP contribution in [0, 0.1) is 0 Å². The highest BCUT2D eigenvalue weighted by Gasteiger charge is 2.20. The molecule has 0 aromatic heterocycles. The van der Waals surface area contributed by atoms with Crippen molar-refractivity contribution in [3.63, 3.8) is 0 Å². The second-order valence-electron chi connectivity index (χ2n) is 4.44. The first-order chi connectivity index (χ1) is 9.02. The van der Waals surface area contributed by atoms with Crippen molar-refractivity contribution in [1.29, 1.82) is 0 Å². The maximum atomic E-state index is 11.9. The molecule has 0 atom stereocenters. The van der Waals surface area contributed by atoms with Gasteiger partial charge in [0, 0.05) is 5.56 Å². The normalized spacial score (nSPS) is 13.5. The number of hydrogen-bond acceptors (Lipinski definition) is 5. The molecule has 1 aliphatic heterocycles. The van der Waals surface area contributed by atoms with Crippen LogP contribution in [0.4, 0.5) is 0 Å². The number of ether oxygens (including phenoxy) is 2. The number of rotatable bonds is 6. The van der Waals surface area contributed by atoms with Crippen molar-refractivity contribution in [3.8, 4) is 11.5 Å². The number of Topliss-reactive ketones (excluding diaryl/α,β-unsaturated/α-hetero) is 1. The molecular weight excluding hydrogens is 268 g/mol. The van der Waals surface area contributed by atoms with E-state index in [0.29, 0.717) is 23.5 Å². The lowest BCUT2D eigenvalue weighted by Gasteiger charge is -2.04. The van der Waals surface area contributed by atoms with Crippen LogP contribution >= 0.6 is 0 Å². The van der Waals surface area contributed by atoms with Gasteiger partial charge in [0.1, 0.15) is 5.75 Å². The molecule has 1 heterocycles. The molecule has 0 aliphatic carbocycles. The van der Waals surface area contributed by atoms with E-state index in [4.69, 9.17) is 9.47 Å². The minimum atomic E-state index is -3.33. The molecule has 19 heavy (non-hydrogen) atoms. The highest BCUT2D eigenvalue weighted by molar-refractivity contribution is 7.92. The van der Waals surface area contributed by atoms with E-state index in [0.717, 1.165) is 6.42 Å². The first-order valence-corrected chi connectivity index (χ1v) is 7.97. The van der Waals surface area contributed by atoms with Crippen molar-refractivity contribution >= 4 is 15.6 Å². The van der Waals surface area contributed by atoms with Crippen LogP contribution in [-0.2, 0) is 9.84 Å². The SMILES string of the molecule is CCCCS(=O)(=O)CC(=O)c1ccc2c(c1)OCO2. The third kappa shape index (κ3) is 3.47. The van der Waals surface area contributed by atoms with E-state index in [1.54, 1.807) is 12.1 Å². The van der Waals surface area contributed by atoms with Gasteiger partial charge < -0.3 is 9.47 Å². The first-order valence-electron chi connectivity index (χ1n) is 6.15. The highest BCUT2D eigenvalue weighted by Crippen LogP contribution is 2.32. The van der Waals surface area contributed by atoms with Gasteiger partial charge in [-0.05, 0) is 24.6 Å². The number of benzene rings is 1. The molecule has 2 rings (SSSR count). The average Bonchev–Trinajstić information content (AvgIpc) is 2.83. The molecular formula is C13H16O5S. The van der Waals surface area contributed by atoms with Crippen molar-refractivity contribution in [2.75, 3.05) is 18.3 Å². The summed E-state index contributed by atoms with van der Waals surface area (Å²) in [6.07, 6.45) is 1.37. The standard InChI is InChI=1S/C13H16O5S/c1-2-3-6-19(15,16)8-11(14)10-4-5-12-13(7-10)18-9-17-12/h4-5,7H,2-3,6,8-9H2,1H3. The third-order valence-corrected chi connectivity index (χ3v) is 4.47. The van der Waals surface area contributed by atoms with E-state index in [2.05, 4.69) is 0 Å². The Morgan fingerprint density at radius 2 is 2.00 bits per heavy atom. The smallest absolute Gasteiger partial charge is 0.231 e. The predicted octanol–water partition coefficient (Wildman–Crippen LogP) is 1.81. The summed E-state index contributed by atoms with van der Waals surface area (Å²) in [5, 5.41) is 0. The number of hydrogen-bond donors (Lipinski definition) is 0. The minimum Gasteiger partial charge on any atom is -0.454 e. The lowest BCUT2D eigenvalue weighted by molar-refractivity contribution is 0.102. The molecule has 0 amide bonds. The zero-order valence-electron chi connectivity index (χ0n) is 10.7. The summed E-state index contributed by atoms with van der Waals surface area (Å²) in [6, 6.07) is 4.71. The summed E-state index contributed by atoms with van der Waals surface area (Å²) < 4.78 is 33.8. The summed E-state index contributed by atoms with van der Waals surface area (Å²) in [7, 11) is -3.33. The van der Waals surface area contributed by atoms with Crippen LogP contribution in [0.25, 0.3) is 0 Å². The second kappa shape index (κ2) is 5.61. The van der Waals surface area contributed by atoms with E-state index in [1.165, 1.54) is 6.07 Å². The molecule has 0 fully saturated rings. The fourth-order valence-electron chi connectivity index (χ4n) is 1.79. The van der Waals surface area contributed by atoms with E-state index in [1.807, 2.05) is 6.92 Å². The number of unbranched alkanes of at least 4 members (excludes halogenated alkanes) is 1. The zero-order chi connectivity index (χ0) is 13.9. The summed E-state index contributed by atoms with van der Waals surface area (Å²) in [6.45, 7) is 2.04. The Kier molecular flexibility index (Phi) is 4.09. The summed E-state index contributed by atoms with van der Waals surface area (Å²) in [5.74, 6) is 0.253. The van der Waals surface area contributed by atoms with Gasteiger partial charge in [0.05, 0.1) is 5.75 Å². The Hall–Kier alpha value is -1.56. The quantitative estimate of drug-likeness (QED) is 0.745. The minimum absolute atomic E-state index is 0.0553. The van der Waals surface area contributed by atoms with E-state index in [9.17, 15) is 13.2 Å². The molecule has 0 saturated heterocycles.